The Morgan fingerprint density at radius 3 is 3.00 bits per heavy atom. The molecular formula is C11H14O2. The van der Waals surface area contributed by atoms with Gasteiger partial charge in [-0.3, -0.25) is 0 Å². The molecule has 0 heterocycles. The van der Waals surface area contributed by atoms with Crippen LogP contribution in [-0.2, 0) is 0 Å². The van der Waals surface area contributed by atoms with Crippen LogP contribution < -0.4 is 9.47 Å². The number of unbranched alkanes of at least 4 members (excludes halogenated alkanes) is 1. The Bertz CT molecular complexity index is 246. The molecule has 1 rings (SSSR count). The van der Waals surface area contributed by atoms with Crippen LogP contribution in [-0.4, -0.2) is 13.7 Å². The Morgan fingerprint density at radius 2 is 2.31 bits per heavy atom. The molecule has 0 radical (unpaired) electrons. The van der Waals surface area contributed by atoms with Gasteiger partial charge in [0.05, 0.1) is 13.7 Å². The van der Waals surface area contributed by atoms with Gasteiger partial charge in [-0.25, -0.2) is 0 Å². The van der Waals surface area contributed by atoms with E-state index in [0.29, 0.717) is 5.75 Å². The fraction of sp³-hybridized carbons (Fsp3) is 0.455. The van der Waals surface area contributed by atoms with Gasteiger partial charge in [-0.15, -0.1) is 0 Å². The first-order valence-electron chi connectivity index (χ1n) is 4.47. The molecular weight excluding hydrogens is 164 g/mol. The van der Waals surface area contributed by atoms with E-state index in [4.69, 9.17) is 9.47 Å². The van der Waals surface area contributed by atoms with Crippen molar-refractivity contribution in [2.45, 2.75) is 19.8 Å². The minimum absolute atomic E-state index is 0.702. The first-order valence-corrected chi connectivity index (χ1v) is 4.47. The van der Waals surface area contributed by atoms with Crippen molar-refractivity contribution in [3.8, 4) is 11.5 Å². The van der Waals surface area contributed by atoms with Gasteiger partial charge in [-0.1, -0.05) is 19.4 Å². The summed E-state index contributed by atoms with van der Waals surface area (Å²) in [5.41, 5.74) is 0. The molecule has 0 saturated heterocycles. The van der Waals surface area contributed by atoms with Crippen LogP contribution in [0.25, 0.3) is 0 Å². The summed E-state index contributed by atoms with van der Waals surface area (Å²) in [6, 6.07) is 9.25. The Hall–Kier alpha value is -1.36. The molecule has 0 spiro atoms. The Labute approximate surface area is 79.5 Å². The molecule has 1 aromatic rings. The van der Waals surface area contributed by atoms with Gasteiger partial charge in [0.25, 0.3) is 0 Å². The highest BCUT2D eigenvalue weighted by Crippen LogP contribution is 2.15. The highest BCUT2D eigenvalue weighted by molar-refractivity contribution is 5.28. The monoisotopic (exact) mass is 178 g/mol. The van der Waals surface area contributed by atoms with E-state index >= 15 is 0 Å². The zero-order valence-corrected chi connectivity index (χ0v) is 8.09. The van der Waals surface area contributed by atoms with Crippen LogP contribution in [0.5, 0.6) is 11.5 Å². The van der Waals surface area contributed by atoms with Crippen LogP contribution in [0.1, 0.15) is 19.8 Å². The van der Waals surface area contributed by atoms with Gasteiger partial charge in [-0.05, 0) is 12.5 Å². The number of methoxy groups -OCH3 is 1. The van der Waals surface area contributed by atoms with Gasteiger partial charge in [0.15, 0.2) is 5.75 Å². The fourth-order valence-corrected chi connectivity index (χ4v) is 0.907. The molecule has 0 saturated carbocycles. The van der Waals surface area contributed by atoms with Crippen molar-refractivity contribution in [3.63, 3.8) is 0 Å². The summed E-state index contributed by atoms with van der Waals surface area (Å²) >= 11 is 0. The van der Waals surface area contributed by atoms with E-state index in [1.165, 1.54) is 0 Å². The van der Waals surface area contributed by atoms with Crippen LogP contribution >= 0.6 is 0 Å². The smallest absolute Gasteiger partial charge is 0.174 e. The molecule has 2 nitrogen and oxygen atoms in total. The minimum Gasteiger partial charge on any atom is -0.496 e. The maximum Gasteiger partial charge on any atom is 0.174 e. The van der Waals surface area contributed by atoms with Crippen molar-refractivity contribution >= 4 is 0 Å². The molecule has 0 N–H and O–H groups in total. The van der Waals surface area contributed by atoms with E-state index < -0.39 is 0 Å². The number of hydrogen-bond donors (Lipinski definition) is 0. The molecule has 2 heteroatoms. The predicted molar refractivity (Wildman–Crippen MR) is 51.1 cm³/mol. The molecule has 0 atom stereocenters. The van der Waals surface area contributed by atoms with Crippen molar-refractivity contribution in [2.24, 2.45) is 0 Å². The summed E-state index contributed by atoms with van der Waals surface area (Å²) in [5, 5.41) is 0. The fourth-order valence-electron chi connectivity index (χ4n) is 0.907. The van der Waals surface area contributed by atoms with Crippen LogP contribution in [0, 0.1) is 12.1 Å². The lowest BCUT2D eigenvalue weighted by Gasteiger charge is -2.03. The molecule has 0 amide bonds. The Kier molecular flexibility index (Phi) is 3.98. The van der Waals surface area contributed by atoms with Crippen molar-refractivity contribution in [3.05, 3.63) is 24.3 Å². The summed E-state index contributed by atoms with van der Waals surface area (Å²) in [5.74, 6) is 1.46. The number of rotatable bonds is 5. The third kappa shape index (κ3) is 3.25. The SMILES string of the molecule is CCCCOc1c#ccc(OC)c1. The molecule has 0 aliphatic heterocycles. The van der Waals surface area contributed by atoms with E-state index in [-0.39, 0.29) is 0 Å². The third-order valence-electron chi connectivity index (χ3n) is 1.67. The largest absolute Gasteiger partial charge is 0.496 e. The summed E-state index contributed by atoms with van der Waals surface area (Å²) in [7, 11) is 1.62. The zero-order valence-electron chi connectivity index (χ0n) is 8.09. The predicted octanol–water partition coefficient (Wildman–Crippen LogP) is 2.47. The quantitative estimate of drug-likeness (QED) is 0.645. The summed E-state index contributed by atoms with van der Waals surface area (Å²) < 4.78 is 10.5. The van der Waals surface area contributed by atoms with Crippen molar-refractivity contribution in [1.82, 2.24) is 0 Å². The lowest BCUT2D eigenvalue weighted by Crippen LogP contribution is -1.95. The Balaban J connectivity index is 2.46. The van der Waals surface area contributed by atoms with Gasteiger partial charge < -0.3 is 9.47 Å². The second-order valence-corrected chi connectivity index (χ2v) is 2.73. The van der Waals surface area contributed by atoms with Crippen molar-refractivity contribution in [1.29, 1.82) is 0 Å². The van der Waals surface area contributed by atoms with Gasteiger partial charge in [0.2, 0.25) is 0 Å². The normalized spacial score (nSPS) is 9.08. The number of hydrogen-bond acceptors (Lipinski definition) is 2. The maximum atomic E-state index is 5.42. The van der Waals surface area contributed by atoms with Crippen LogP contribution in [0.3, 0.4) is 0 Å². The van der Waals surface area contributed by atoms with E-state index in [1.54, 1.807) is 13.2 Å². The van der Waals surface area contributed by atoms with E-state index in [1.807, 2.05) is 6.07 Å². The number of ether oxygens (including phenoxy) is 2. The molecule has 0 aliphatic rings. The lowest BCUT2D eigenvalue weighted by atomic mass is 10.3. The molecule has 0 unspecified atom stereocenters. The molecule has 70 valence electrons. The molecule has 0 aliphatic carbocycles. The van der Waals surface area contributed by atoms with Crippen LogP contribution in [0.4, 0.5) is 0 Å². The average molecular weight is 178 g/mol. The molecule has 1 aromatic carbocycles. The van der Waals surface area contributed by atoms with Crippen LogP contribution in [0.15, 0.2) is 12.1 Å². The maximum absolute atomic E-state index is 5.42. The first kappa shape index (κ1) is 9.73. The lowest BCUT2D eigenvalue weighted by molar-refractivity contribution is 0.307. The standard InChI is InChI=1S/C11H14O2/c1-3-4-8-13-11-7-5-6-10(9-11)12-2/h6,9H,3-4,8H2,1-2H3. The van der Waals surface area contributed by atoms with Gasteiger partial charge in [0, 0.05) is 12.1 Å². The zero-order chi connectivity index (χ0) is 9.52. The average Bonchev–Trinajstić information content (AvgIpc) is 2.19. The topological polar surface area (TPSA) is 18.5 Å². The molecule has 0 aromatic heterocycles. The second-order valence-electron chi connectivity index (χ2n) is 2.73. The highest BCUT2D eigenvalue weighted by atomic mass is 16.5. The van der Waals surface area contributed by atoms with Crippen molar-refractivity contribution in [2.75, 3.05) is 13.7 Å². The third-order valence-corrected chi connectivity index (χ3v) is 1.67. The second kappa shape index (κ2) is 5.31. The summed E-state index contributed by atoms with van der Waals surface area (Å²) in [4.78, 5) is 0. The highest BCUT2D eigenvalue weighted by Gasteiger charge is 1.94. The van der Waals surface area contributed by atoms with Crippen molar-refractivity contribution < 1.29 is 9.47 Å². The Morgan fingerprint density at radius 1 is 1.46 bits per heavy atom. The summed E-state index contributed by atoms with van der Waals surface area (Å²) in [6.07, 6.45) is 2.19. The van der Waals surface area contributed by atoms with Gasteiger partial charge in [-0.2, -0.15) is 0 Å². The van der Waals surface area contributed by atoms with Gasteiger partial charge in [0.1, 0.15) is 5.75 Å². The molecule has 13 heavy (non-hydrogen) atoms. The molecule has 0 fully saturated rings. The summed E-state index contributed by atoms with van der Waals surface area (Å²) in [6.45, 7) is 2.86. The van der Waals surface area contributed by atoms with Gasteiger partial charge >= 0.3 is 0 Å². The van der Waals surface area contributed by atoms with E-state index in [2.05, 4.69) is 19.1 Å². The van der Waals surface area contributed by atoms with Crippen LogP contribution in [0.2, 0.25) is 0 Å². The minimum atomic E-state index is 0.702. The first-order chi connectivity index (χ1) is 6.36. The van der Waals surface area contributed by atoms with E-state index in [0.717, 1.165) is 25.2 Å². The molecule has 0 bridgehead atoms. The van der Waals surface area contributed by atoms with E-state index in [9.17, 15) is 0 Å².